The van der Waals surface area contributed by atoms with Crippen LogP contribution in [0.5, 0.6) is 5.75 Å². The first kappa shape index (κ1) is 25.3. The predicted molar refractivity (Wildman–Crippen MR) is 128 cm³/mol. The molecule has 0 bridgehead atoms. The van der Waals surface area contributed by atoms with E-state index in [1.165, 1.54) is 24.3 Å². The molecular weight excluding hydrogens is 513 g/mol. The highest BCUT2D eigenvalue weighted by molar-refractivity contribution is 9.10. The molecule has 0 aliphatic heterocycles. The van der Waals surface area contributed by atoms with Crippen molar-refractivity contribution in [1.29, 1.82) is 0 Å². The largest absolute Gasteiger partial charge is 0.480 e. The zero-order valence-electron chi connectivity index (χ0n) is 18.6. The number of carbonyl (C=O) groups excluding carboxylic acids is 2. The minimum Gasteiger partial charge on any atom is -0.480 e. The Morgan fingerprint density at radius 3 is 2.12 bits per heavy atom. The van der Waals surface area contributed by atoms with E-state index in [1.807, 2.05) is 26.0 Å². The van der Waals surface area contributed by atoms with Crippen molar-refractivity contribution in [3.63, 3.8) is 0 Å². The molecule has 2 N–H and O–H groups in total. The van der Waals surface area contributed by atoms with Gasteiger partial charge in [0.15, 0.2) is 6.10 Å². The molecule has 0 spiro atoms. The summed E-state index contributed by atoms with van der Waals surface area (Å²) in [5.41, 5.74) is 1.41. The third kappa shape index (κ3) is 6.38. The lowest BCUT2D eigenvalue weighted by Gasteiger charge is -2.18. The van der Waals surface area contributed by atoms with Crippen molar-refractivity contribution in [1.82, 2.24) is 0 Å². The molecule has 0 aliphatic carbocycles. The van der Waals surface area contributed by atoms with Gasteiger partial charge in [-0.1, -0.05) is 28.1 Å². The molecule has 1 atom stereocenters. The second-order valence-electron chi connectivity index (χ2n) is 7.73. The predicted octanol–water partition coefficient (Wildman–Crippen LogP) is 6.74. The van der Waals surface area contributed by atoms with E-state index in [9.17, 15) is 22.8 Å². The lowest BCUT2D eigenvalue weighted by atomic mass is 10.1. The fourth-order valence-corrected chi connectivity index (χ4v) is 3.96. The number of hydrogen-bond acceptors (Lipinski definition) is 3. The van der Waals surface area contributed by atoms with Crippen LogP contribution in [-0.4, -0.2) is 17.9 Å². The third-order valence-corrected chi connectivity index (χ3v) is 5.39. The SMILES string of the molecule is Cc1cc(Br)cc(C)c1OC(C)C(=O)Nc1cccc(C(=O)Nc2cccc(C(F)(F)F)c2)c1. The van der Waals surface area contributed by atoms with Gasteiger partial charge >= 0.3 is 6.18 Å². The second kappa shape index (κ2) is 10.3. The van der Waals surface area contributed by atoms with Gasteiger partial charge < -0.3 is 15.4 Å². The topological polar surface area (TPSA) is 67.4 Å². The van der Waals surface area contributed by atoms with Crippen molar-refractivity contribution in [2.45, 2.75) is 33.1 Å². The van der Waals surface area contributed by atoms with Crippen LogP contribution in [-0.2, 0) is 11.0 Å². The molecule has 0 radical (unpaired) electrons. The van der Waals surface area contributed by atoms with E-state index in [-0.39, 0.29) is 11.3 Å². The number of alkyl halides is 3. The number of benzene rings is 3. The van der Waals surface area contributed by atoms with Gasteiger partial charge in [-0.2, -0.15) is 13.2 Å². The number of carbonyl (C=O) groups is 2. The van der Waals surface area contributed by atoms with Crippen molar-refractivity contribution in [2.24, 2.45) is 0 Å². The number of aryl methyl sites for hydroxylation is 2. The molecule has 34 heavy (non-hydrogen) atoms. The van der Waals surface area contributed by atoms with E-state index in [0.717, 1.165) is 27.7 Å². The van der Waals surface area contributed by atoms with Gasteiger partial charge in [-0.15, -0.1) is 0 Å². The summed E-state index contributed by atoms with van der Waals surface area (Å²) in [6.45, 7) is 5.37. The van der Waals surface area contributed by atoms with Crippen molar-refractivity contribution in [3.8, 4) is 5.75 Å². The zero-order chi connectivity index (χ0) is 25.0. The number of hydrogen-bond donors (Lipinski definition) is 2. The van der Waals surface area contributed by atoms with E-state index < -0.39 is 29.7 Å². The van der Waals surface area contributed by atoms with Gasteiger partial charge in [-0.3, -0.25) is 9.59 Å². The molecule has 3 aromatic carbocycles. The standard InChI is InChI=1S/C25H22BrF3N2O3/c1-14-10-19(26)11-15(2)22(14)34-16(3)23(32)30-20-8-4-6-17(12-20)24(33)31-21-9-5-7-18(13-21)25(27,28)29/h4-13,16H,1-3H3,(H,30,32)(H,31,33). The molecular formula is C25H22BrF3N2O3. The van der Waals surface area contributed by atoms with Crippen LogP contribution in [0.4, 0.5) is 24.5 Å². The number of amides is 2. The van der Waals surface area contributed by atoms with Crippen molar-refractivity contribution in [2.75, 3.05) is 10.6 Å². The summed E-state index contributed by atoms with van der Waals surface area (Å²) >= 11 is 3.42. The number of halogens is 4. The van der Waals surface area contributed by atoms with Gasteiger partial charge in [0.2, 0.25) is 0 Å². The van der Waals surface area contributed by atoms with E-state index >= 15 is 0 Å². The minimum absolute atomic E-state index is 0.0107. The Morgan fingerprint density at radius 2 is 1.50 bits per heavy atom. The maximum atomic E-state index is 12.9. The molecule has 0 saturated carbocycles. The van der Waals surface area contributed by atoms with Crippen LogP contribution >= 0.6 is 15.9 Å². The van der Waals surface area contributed by atoms with Crippen LogP contribution in [0.3, 0.4) is 0 Å². The van der Waals surface area contributed by atoms with Crippen LogP contribution in [0.15, 0.2) is 65.1 Å². The first-order valence-corrected chi connectivity index (χ1v) is 11.1. The molecule has 3 aromatic rings. The van der Waals surface area contributed by atoms with E-state index in [2.05, 4.69) is 26.6 Å². The fraction of sp³-hybridized carbons (Fsp3) is 0.200. The summed E-state index contributed by atoms with van der Waals surface area (Å²) in [6.07, 6.45) is -5.34. The van der Waals surface area contributed by atoms with E-state index in [0.29, 0.717) is 11.4 Å². The first-order valence-electron chi connectivity index (χ1n) is 10.3. The number of ether oxygens (including phenoxy) is 1. The monoisotopic (exact) mass is 534 g/mol. The Hall–Kier alpha value is -3.33. The Labute approximate surface area is 203 Å². The van der Waals surface area contributed by atoms with Gasteiger partial charge in [0.1, 0.15) is 5.75 Å². The summed E-state index contributed by atoms with van der Waals surface area (Å²) in [5, 5.41) is 5.14. The number of anilines is 2. The average Bonchev–Trinajstić information content (AvgIpc) is 2.75. The zero-order valence-corrected chi connectivity index (χ0v) is 20.2. The summed E-state index contributed by atoms with van der Waals surface area (Å²) in [4.78, 5) is 25.2. The second-order valence-corrected chi connectivity index (χ2v) is 8.65. The first-order chi connectivity index (χ1) is 15.9. The average molecular weight is 535 g/mol. The normalized spacial score (nSPS) is 12.1. The summed E-state index contributed by atoms with van der Waals surface area (Å²) in [7, 11) is 0. The lowest BCUT2D eigenvalue weighted by molar-refractivity contribution is -0.137. The van der Waals surface area contributed by atoms with Gasteiger partial charge in [-0.05, 0) is 80.4 Å². The Morgan fingerprint density at radius 1 is 0.912 bits per heavy atom. The molecule has 0 aromatic heterocycles. The Bertz CT molecular complexity index is 1210. The van der Waals surface area contributed by atoms with Gasteiger partial charge in [0.05, 0.1) is 5.56 Å². The summed E-state index contributed by atoms with van der Waals surface area (Å²) < 4.78 is 45.5. The maximum Gasteiger partial charge on any atom is 0.416 e. The Balaban J connectivity index is 1.68. The molecule has 3 rings (SSSR count). The van der Waals surface area contributed by atoms with Crippen LogP contribution < -0.4 is 15.4 Å². The molecule has 0 saturated heterocycles. The molecule has 178 valence electrons. The molecule has 0 fully saturated rings. The molecule has 9 heteroatoms. The molecule has 0 heterocycles. The fourth-order valence-electron chi connectivity index (χ4n) is 3.27. The lowest BCUT2D eigenvalue weighted by Crippen LogP contribution is -2.30. The van der Waals surface area contributed by atoms with Crippen molar-refractivity contribution in [3.05, 3.63) is 87.4 Å². The van der Waals surface area contributed by atoms with Crippen LogP contribution in [0, 0.1) is 13.8 Å². The summed E-state index contributed by atoms with van der Waals surface area (Å²) in [5.74, 6) is -0.418. The highest BCUT2D eigenvalue weighted by atomic mass is 79.9. The minimum atomic E-state index is -4.52. The van der Waals surface area contributed by atoms with E-state index in [1.54, 1.807) is 19.1 Å². The highest BCUT2D eigenvalue weighted by Gasteiger charge is 2.30. The molecule has 0 aliphatic rings. The van der Waals surface area contributed by atoms with Crippen molar-refractivity contribution < 1.29 is 27.5 Å². The smallest absolute Gasteiger partial charge is 0.416 e. The van der Waals surface area contributed by atoms with Crippen LogP contribution in [0.2, 0.25) is 0 Å². The number of nitrogens with one attached hydrogen (secondary N) is 2. The molecule has 5 nitrogen and oxygen atoms in total. The quantitative estimate of drug-likeness (QED) is 0.367. The van der Waals surface area contributed by atoms with Crippen molar-refractivity contribution >= 4 is 39.1 Å². The van der Waals surface area contributed by atoms with Gasteiger partial charge in [0.25, 0.3) is 11.8 Å². The highest BCUT2D eigenvalue weighted by Crippen LogP contribution is 2.31. The van der Waals surface area contributed by atoms with E-state index in [4.69, 9.17) is 4.74 Å². The van der Waals surface area contributed by atoms with Crippen LogP contribution in [0.1, 0.15) is 34.0 Å². The third-order valence-electron chi connectivity index (χ3n) is 4.93. The molecule has 1 unspecified atom stereocenters. The van der Waals surface area contributed by atoms with Gasteiger partial charge in [0, 0.05) is 21.4 Å². The van der Waals surface area contributed by atoms with Gasteiger partial charge in [-0.25, -0.2) is 0 Å². The summed E-state index contributed by atoms with van der Waals surface area (Å²) in [6, 6.07) is 14.2. The maximum absolute atomic E-state index is 12.9. The number of rotatable bonds is 6. The molecule has 2 amide bonds. The Kier molecular flexibility index (Phi) is 7.66. The van der Waals surface area contributed by atoms with Crippen LogP contribution in [0.25, 0.3) is 0 Å².